The fourth-order valence-corrected chi connectivity index (χ4v) is 4.12. The van der Waals surface area contributed by atoms with Crippen molar-refractivity contribution in [2.45, 2.75) is 58.3 Å². The number of ether oxygens (including phenoxy) is 1. The van der Waals surface area contributed by atoms with Crippen molar-refractivity contribution >= 4 is 23.6 Å². The first-order valence-corrected chi connectivity index (χ1v) is 10.4. The lowest BCUT2D eigenvalue weighted by atomic mass is 9.62. The fraction of sp³-hybridized carbons (Fsp3) is 0.385. The smallest absolute Gasteiger partial charge is 0.330 e. The molecular weight excluding hydrogens is 374 g/mol. The van der Waals surface area contributed by atoms with Crippen LogP contribution in [0.5, 0.6) is 0 Å². The first-order valence-electron chi connectivity index (χ1n) is 10.4. The van der Waals surface area contributed by atoms with Crippen molar-refractivity contribution in [3.05, 3.63) is 70.3 Å². The number of nitrogens with one attached hydrogen (secondary N) is 1. The number of amides is 1. The minimum atomic E-state index is -0.417. The van der Waals surface area contributed by atoms with Crippen molar-refractivity contribution in [1.29, 1.82) is 0 Å². The summed E-state index contributed by atoms with van der Waals surface area (Å²) in [5.41, 5.74) is 5.96. The number of anilines is 1. The Hall–Kier alpha value is -2.88. The zero-order valence-electron chi connectivity index (χ0n) is 18.8. The number of fused-ring (bicyclic) bond motifs is 1. The quantitative estimate of drug-likeness (QED) is 0.518. The van der Waals surface area contributed by atoms with Gasteiger partial charge in [-0.15, -0.1) is 0 Å². The SMILES string of the molecule is COC(=O)/C=C/c1cccc(NC(=O)c2cc3c(cc2C)C(C)(C)CCC3(C)C)c1. The van der Waals surface area contributed by atoms with Crippen LogP contribution in [0.1, 0.15) is 73.1 Å². The molecule has 0 saturated carbocycles. The molecule has 30 heavy (non-hydrogen) atoms. The van der Waals surface area contributed by atoms with E-state index >= 15 is 0 Å². The minimum Gasteiger partial charge on any atom is -0.466 e. The molecule has 0 saturated heterocycles. The maximum absolute atomic E-state index is 13.1. The molecule has 4 heteroatoms. The first-order chi connectivity index (χ1) is 14.0. The molecule has 3 rings (SSSR count). The van der Waals surface area contributed by atoms with Crippen molar-refractivity contribution in [1.82, 2.24) is 0 Å². The molecule has 2 aromatic rings. The minimum absolute atomic E-state index is 0.0478. The highest BCUT2D eigenvalue weighted by Crippen LogP contribution is 2.46. The molecule has 0 bridgehead atoms. The number of carbonyl (C=O) groups is 2. The highest BCUT2D eigenvalue weighted by molar-refractivity contribution is 6.05. The van der Waals surface area contributed by atoms with Gasteiger partial charge in [-0.3, -0.25) is 4.79 Å². The third-order valence-corrected chi connectivity index (χ3v) is 6.20. The number of esters is 1. The standard InChI is InChI=1S/C26H31NO3/c1-17-14-21-22(26(4,5)13-12-25(21,2)3)16-20(17)24(29)27-19-9-7-8-18(15-19)10-11-23(28)30-6/h7-11,14-16H,12-13H2,1-6H3,(H,27,29)/b11-10+. The van der Waals surface area contributed by atoms with Crippen LogP contribution in [-0.4, -0.2) is 19.0 Å². The normalized spacial score (nSPS) is 16.7. The molecule has 0 atom stereocenters. The summed E-state index contributed by atoms with van der Waals surface area (Å²) in [5.74, 6) is -0.539. The summed E-state index contributed by atoms with van der Waals surface area (Å²) in [6.07, 6.45) is 5.27. The number of benzene rings is 2. The molecule has 158 valence electrons. The molecule has 0 fully saturated rings. The fourth-order valence-electron chi connectivity index (χ4n) is 4.12. The molecule has 4 nitrogen and oxygen atoms in total. The predicted octanol–water partition coefficient (Wildman–Crippen LogP) is 5.78. The average Bonchev–Trinajstić information content (AvgIpc) is 2.69. The van der Waals surface area contributed by atoms with E-state index in [4.69, 9.17) is 0 Å². The lowest BCUT2D eigenvalue weighted by Gasteiger charge is -2.42. The van der Waals surface area contributed by atoms with Crippen LogP contribution in [0.3, 0.4) is 0 Å². The Labute approximate surface area is 179 Å². The van der Waals surface area contributed by atoms with E-state index in [-0.39, 0.29) is 16.7 Å². The van der Waals surface area contributed by atoms with Crippen molar-refractivity contribution < 1.29 is 14.3 Å². The molecule has 0 radical (unpaired) electrons. The zero-order valence-corrected chi connectivity index (χ0v) is 18.8. The van der Waals surface area contributed by atoms with E-state index in [1.807, 2.05) is 31.2 Å². The van der Waals surface area contributed by atoms with Gasteiger partial charge in [0.05, 0.1) is 7.11 Å². The van der Waals surface area contributed by atoms with Crippen LogP contribution in [0.2, 0.25) is 0 Å². The first kappa shape index (κ1) is 21.8. The van der Waals surface area contributed by atoms with E-state index in [2.05, 4.69) is 49.9 Å². The summed E-state index contributed by atoms with van der Waals surface area (Å²) in [6, 6.07) is 11.7. The molecule has 0 heterocycles. The Balaban J connectivity index is 1.90. The lowest BCUT2D eigenvalue weighted by Crippen LogP contribution is -2.34. The zero-order chi connectivity index (χ0) is 22.1. The topological polar surface area (TPSA) is 55.4 Å². The second-order valence-electron chi connectivity index (χ2n) is 9.42. The molecule has 0 unspecified atom stereocenters. The van der Waals surface area contributed by atoms with Crippen LogP contribution in [-0.2, 0) is 20.4 Å². The van der Waals surface area contributed by atoms with Gasteiger partial charge in [-0.1, -0.05) is 45.9 Å². The van der Waals surface area contributed by atoms with Crippen LogP contribution in [0, 0.1) is 6.92 Å². The summed E-state index contributed by atoms with van der Waals surface area (Å²) < 4.78 is 4.62. The number of carbonyl (C=O) groups excluding carboxylic acids is 2. The summed E-state index contributed by atoms with van der Waals surface area (Å²) >= 11 is 0. The molecule has 1 amide bonds. The van der Waals surface area contributed by atoms with Crippen LogP contribution in [0.4, 0.5) is 5.69 Å². The van der Waals surface area contributed by atoms with Crippen LogP contribution < -0.4 is 5.32 Å². The molecule has 1 N–H and O–H groups in total. The van der Waals surface area contributed by atoms with Crippen molar-refractivity contribution in [2.24, 2.45) is 0 Å². The summed E-state index contributed by atoms with van der Waals surface area (Å²) in [5, 5.41) is 3.01. The predicted molar refractivity (Wildman–Crippen MR) is 122 cm³/mol. The maximum atomic E-state index is 13.1. The van der Waals surface area contributed by atoms with Crippen molar-refractivity contribution in [3.63, 3.8) is 0 Å². The highest BCUT2D eigenvalue weighted by atomic mass is 16.5. The molecule has 1 aliphatic carbocycles. The lowest BCUT2D eigenvalue weighted by molar-refractivity contribution is -0.134. The van der Waals surface area contributed by atoms with Crippen LogP contribution >= 0.6 is 0 Å². The van der Waals surface area contributed by atoms with E-state index < -0.39 is 5.97 Å². The summed E-state index contributed by atoms with van der Waals surface area (Å²) in [6.45, 7) is 11.1. The molecule has 1 aliphatic rings. The summed E-state index contributed by atoms with van der Waals surface area (Å²) in [7, 11) is 1.34. The summed E-state index contributed by atoms with van der Waals surface area (Å²) in [4.78, 5) is 24.4. The van der Waals surface area contributed by atoms with E-state index in [0.717, 1.165) is 24.0 Å². The van der Waals surface area contributed by atoms with E-state index in [1.165, 1.54) is 24.3 Å². The monoisotopic (exact) mass is 405 g/mol. The van der Waals surface area contributed by atoms with Gasteiger partial charge in [-0.05, 0) is 77.1 Å². The van der Waals surface area contributed by atoms with E-state index in [0.29, 0.717) is 11.3 Å². The number of methoxy groups -OCH3 is 1. The van der Waals surface area contributed by atoms with Gasteiger partial charge in [0.1, 0.15) is 0 Å². The number of rotatable bonds is 4. The Morgan fingerprint density at radius 2 is 1.63 bits per heavy atom. The van der Waals surface area contributed by atoms with Gasteiger partial charge in [0, 0.05) is 17.3 Å². The van der Waals surface area contributed by atoms with Gasteiger partial charge >= 0.3 is 5.97 Å². The molecule has 0 spiro atoms. The van der Waals surface area contributed by atoms with E-state index in [9.17, 15) is 9.59 Å². The Morgan fingerprint density at radius 3 is 2.27 bits per heavy atom. The number of hydrogen-bond acceptors (Lipinski definition) is 3. The van der Waals surface area contributed by atoms with Crippen molar-refractivity contribution in [3.8, 4) is 0 Å². The number of hydrogen-bond donors (Lipinski definition) is 1. The molecule has 0 aromatic heterocycles. The van der Waals surface area contributed by atoms with Gasteiger partial charge in [0.15, 0.2) is 0 Å². The van der Waals surface area contributed by atoms with Gasteiger partial charge < -0.3 is 10.1 Å². The third kappa shape index (κ3) is 4.48. The van der Waals surface area contributed by atoms with Gasteiger partial charge in [0.25, 0.3) is 5.91 Å². The van der Waals surface area contributed by atoms with Crippen LogP contribution in [0.15, 0.2) is 42.5 Å². The third-order valence-electron chi connectivity index (χ3n) is 6.20. The van der Waals surface area contributed by atoms with Crippen LogP contribution in [0.25, 0.3) is 6.08 Å². The maximum Gasteiger partial charge on any atom is 0.330 e. The van der Waals surface area contributed by atoms with Gasteiger partial charge in [0.2, 0.25) is 0 Å². The molecular formula is C26H31NO3. The largest absolute Gasteiger partial charge is 0.466 e. The van der Waals surface area contributed by atoms with Gasteiger partial charge in [-0.2, -0.15) is 0 Å². The molecule has 0 aliphatic heterocycles. The second kappa shape index (κ2) is 8.10. The average molecular weight is 406 g/mol. The highest BCUT2D eigenvalue weighted by Gasteiger charge is 2.37. The Morgan fingerprint density at radius 1 is 1.00 bits per heavy atom. The Bertz CT molecular complexity index is 1010. The van der Waals surface area contributed by atoms with Gasteiger partial charge in [-0.25, -0.2) is 4.79 Å². The van der Waals surface area contributed by atoms with E-state index in [1.54, 1.807) is 6.08 Å². The second-order valence-corrected chi connectivity index (χ2v) is 9.42. The van der Waals surface area contributed by atoms with Crippen molar-refractivity contribution in [2.75, 3.05) is 12.4 Å². The molecule has 2 aromatic carbocycles. The Kier molecular flexibility index (Phi) is 5.89. The number of aryl methyl sites for hydroxylation is 1.